The Morgan fingerprint density at radius 3 is 2.21 bits per heavy atom. The standard InChI is InChI=1S/C22H18N4O2S/c1-2-6-15(7-3-1)18-14-29-21-19(18)20(23-12-16-8-4-10-27-16)25-22(26-21)24-13-17-9-5-11-28-17/h1-11,14H,12-13H2,(H2,23,24,25,26). The van der Waals surface area contributed by atoms with E-state index < -0.39 is 0 Å². The molecule has 5 rings (SSSR count). The predicted molar refractivity (Wildman–Crippen MR) is 115 cm³/mol. The Kier molecular flexibility index (Phi) is 4.72. The van der Waals surface area contributed by atoms with Crippen LogP contribution in [0.3, 0.4) is 0 Å². The van der Waals surface area contributed by atoms with Gasteiger partial charge in [0.25, 0.3) is 0 Å². The molecule has 0 saturated carbocycles. The zero-order chi connectivity index (χ0) is 19.5. The Hall–Kier alpha value is -3.58. The molecule has 4 heterocycles. The van der Waals surface area contributed by atoms with Gasteiger partial charge in [-0.2, -0.15) is 4.98 Å². The summed E-state index contributed by atoms with van der Waals surface area (Å²) in [5.74, 6) is 3.00. The van der Waals surface area contributed by atoms with Crippen molar-refractivity contribution in [2.24, 2.45) is 0 Å². The van der Waals surface area contributed by atoms with Gasteiger partial charge in [-0.3, -0.25) is 0 Å². The van der Waals surface area contributed by atoms with Crippen LogP contribution in [0.4, 0.5) is 11.8 Å². The average Bonchev–Trinajstić information content (AvgIpc) is 3.53. The summed E-state index contributed by atoms with van der Waals surface area (Å²) in [7, 11) is 0. The highest BCUT2D eigenvalue weighted by Crippen LogP contribution is 2.37. The van der Waals surface area contributed by atoms with Crippen LogP contribution in [0.1, 0.15) is 11.5 Å². The summed E-state index contributed by atoms with van der Waals surface area (Å²) in [4.78, 5) is 10.4. The van der Waals surface area contributed by atoms with E-state index in [4.69, 9.17) is 18.8 Å². The number of hydrogen-bond donors (Lipinski definition) is 2. The quantitative estimate of drug-likeness (QED) is 0.360. The lowest BCUT2D eigenvalue weighted by atomic mass is 10.1. The van der Waals surface area contributed by atoms with E-state index in [-0.39, 0.29) is 0 Å². The van der Waals surface area contributed by atoms with Crippen LogP contribution in [-0.2, 0) is 13.1 Å². The van der Waals surface area contributed by atoms with Gasteiger partial charge in [0.1, 0.15) is 22.2 Å². The Bertz CT molecular complexity index is 1200. The van der Waals surface area contributed by atoms with E-state index in [0.29, 0.717) is 19.0 Å². The number of nitrogens with zero attached hydrogens (tertiary/aromatic N) is 2. The smallest absolute Gasteiger partial charge is 0.226 e. The van der Waals surface area contributed by atoms with E-state index in [2.05, 4.69) is 28.1 Å². The molecule has 2 N–H and O–H groups in total. The van der Waals surface area contributed by atoms with Crippen LogP contribution >= 0.6 is 11.3 Å². The van der Waals surface area contributed by atoms with Gasteiger partial charge in [-0.25, -0.2) is 4.98 Å². The Morgan fingerprint density at radius 2 is 1.52 bits per heavy atom. The van der Waals surface area contributed by atoms with Crippen molar-refractivity contribution in [2.75, 3.05) is 10.6 Å². The Labute approximate surface area is 171 Å². The van der Waals surface area contributed by atoms with Crippen LogP contribution in [-0.4, -0.2) is 9.97 Å². The first-order chi connectivity index (χ1) is 14.4. The molecule has 6 nitrogen and oxygen atoms in total. The summed E-state index contributed by atoms with van der Waals surface area (Å²) in [6.07, 6.45) is 3.33. The first-order valence-electron chi connectivity index (χ1n) is 9.24. The van der Waals surface area contributed by atoms with Gasteiger partial charge in [0.15, 0.2) is 0 Å². The highest BCUT2D eigenvalue weighted by Gasteiger charge is 2.16. The zero-order valence-corrected chi connectivity index (χ0v) is 16.3. The number of fused-ring (bicyclic) bond motifs is 1. The first-order valence-corrected chi connectivity index (χ1v) is 10.1. The van der Waals surface area contributed by atoms with E-state index >= 15 is 0 Å². The molecule has 29 heavy (non-hydrogen) atoms. The second-order valence-electron chi connectivity index (χ2n) is 6.46. The minimum Gasteiger partial charge on any atom is -0.467 e. The molecule has 0 aliphatic heterocycles. The molecule has 4 aromatic heterocycles. The van der Waals surface area contributed by atoms with Crippen molar-refractivity contribution in [3.63, 3.8) is 0 Å². The molecule has 144 valence electrons. The third-order valence-corrected chi connectivity index (χ3v) is 5.40. The van der Waals surface area contributed by atoms with E-state index in [1.807, 2.05) is 42.5 Å². The number of thiophene rings is 1. The van der Waals surface area contributed by atoms with Gasteiger partial charge in [0.05, 0.1) is 31.0 Å². The molecule has 0 bridgehead atoms. The fraction of sp³-hybridized carbons (Fsp3) is 0.0909. The van der Waals surface area contributed by atoms with Crippen LogP contribution in [0.25, 0.3) is 21.3 Å². The molecular formula is C22H18N4O2S. The molecule has 0 saturated heterocycles. The molecule has 0 aliphatic carbocycles. The number of furan rings is 2. The van der Waals surface area contributed by atoms with Gasteiger partial charge >= 0.3 is 0 Å². The summed E-state index contributed by atoms with van der Waals surface area (Å²) < 4.78 is 10.8. The fourth-order valence-corrected chi connectivity index (χ4v) is 4.09. The molecule has 0 amide bonds. The number of hydrogen-bond acceptors (Lipinski definition) is 7. The molecule has 5 aromatic rings. The third-order valence-electron chi connectivity index (χ3n) is 4.53. The van der Waals surface area contributed by atoms with E-state index in [1.165, 1.54) is 0 Å². The number of anilines is 2. The Balaban J connectivity index is 1.52. The maximum atomic E-state index is 5.46. The van der Waals surface area contributed by atoms with Crippen molar-refractivity contribution in [3.8, 4) is 11.1 Å². The average molecular weight is 402 g/mol. The summed E-state index contributed by atoms with van der Waals surface area (Å²) >= 11 is 1.61. The zero-order valence-electron chi connectivity index (χ0n) is 15.5. The van der Waals surface area contributed by atoms with Gasteiger partial charge in [-0.15, -0.1) is 11.3 Å². The molecule has 0 atom stereocenters. The summed E-state index contributed by atoms with van der Waals surface area (Å²) in [5, 5.41) is 9.81. The normalized spacial score (nSPS) is 11.0. The fourth-order valence-electron chi connectivity index (χ4n) is 3.14. The summed E-state index contributed by atoms with van der Waals surface area (Å²) in [6.45, 7) is 1.06. The van der Waals surface area contributed by atoms with Crippen molar-refractivity contribution < 1.29 is 8.83 Å². The lowest BCUT2D eigenvalue weighted by Crippen LogP contribution is -2.07. The minimum atomic E-state index is 0.521. The van der Waals surface area contributed by atoms with Gasteiger partial charge < -0.3 is 19.5 Å². The van der Waals surface area contributed by atoms with E-state index in [9.17, 15) is 0 Å². The van der Waals surface area contributed by atoms with E-state index in [0.717, 1.165) is 38.7 Å². The lowest BCUT2D eigenvalue weighted by Gasteiger charge is -2.10. The second-order valence-corrected chi connectivity index (χ2v) is 7.32. The molecule has 0 fully saturated rings. The number of aromatic nitrogens is 2. The van der Waals surface area contributed by atoms with Crippen LogP contribution in [0.2, 0.25) is 0 Å². The minimum absolute atomic E-state index is 0.521. The van der Waals surface area contributed by atoms with Crippen molar-refractivity contribution in [2.45, 2.75) is 13.1 Å². The SMILES string of the molecule is c1ccc(-c2csc3nc(NCc4ccco4)nc(NCc4ccco4)c23)cc1. The van der Waals surface area contributed by atoms with E-state index in [1.54, 1.807) is 23.9 Å². The van der Waals surface area contributed by atoms with Gasteiger partial charge in [0.2, 0.25) is 5.95 Å². The largest absolute Gasteiger partial charge is 0.467 e. The highest BCUT2D eigenvalue weighted by atomic mass is 32.1. The van der Waals surface area contributed by atoms with Gasteiger partial charge in [-0.05, 0) is 29.8 Å². The topological polar surface area (TPSA) is 76.1 Å². The molecule has 0 aliphatic rings. The van der Waals surface area contributed by atoms with Crippen LogP contribution in [0, 0.1) is 0 Å². The first kappa shape index (κ1) is 17.5. The third kappa shape index (κ3) is 3.72. The molecule has 0 spiro atoms. The maximum Gasteiger partial charge on any atom is 0.226 e. The predicted octanol–water partition coefficient (Wildman–Crippen LogP) is 5.77. The molecule has 1 aromatic carbocycles. The monoisotopic (exact) mass is 402 g/mol. The van der Waals surface area contributed by atoms with Crippen molar-refractivity contribution in [1.82, 2.24) is 9.97 Å². The van der Waals surface area contributed by atoms with Gasteiger partial charge in [-0.1, -0.05) is 30.3 Å². The van der Waals surface area contributed by atoms with Crippen molar-refractivity contribution in [3.05, 3.63) is 84.0 Å². The molecule has 0 radical (unpaired) electrons. The van der Waals surface area contributed by atoms with Gasteiger partial charge in [0, 0.05) is 10.9 Å². The van der Waals surface area contributed by atoms with Crippen molar-refractivity contribution >= 4 is 33.3 Å². The number of benzene rings is 1. The maximum absolute atomic E-state index is 5.46. The van der Waals surface area contributed by atoms with Crippen LogP contribution in [0.15, 0.2) is 81.3 Å². The number of rotatable bonds is 7. The molecular weight excluding hydrogens is 384 g/mol. The van der Waals surface area contributed by atoms with Crippen LogP contribution < -0.4 is 10.6 Å². The summed E-state index contributed by atoms with van der Waals surface area (Å²) in [5.41, 5.74) is 2.25. The lowest BCUT2D eigenvalue weighted by molar-refractivity contribution is 0.517. The highest BCUT2D eigenvalue weighted by molar-refractivity contribution is 7.17. The molecule has 7 heteroatoms. The Morgan fingerprint density at radius 1 is 0.793 bits per heavy atom. The second kappa shape index (κ2) is 7.81. The summed E-state index contributed by atoms with van der Waals surface area (Å²) in [6, 6.07) is 17.9. The molecule has 0 unspecified atom stereocenters. The number of nitrogens with one attached hydrogen (secondary N) is 2. The van der Waals surface area contributed by atoms with Crippen molar-refractivity contribution in [1.29, 1.82) is 0 Å². The van der Waals surface area contributed by atoms with Crippen LogP contribution in [0.5, 0.6) is 0 Å².